The number of halogens is 1. The maximum absolute atomic E-state index is 11.9. The van der Waals surface area contributed by atoms with Gasteiger partial charge in [-0.2, -0.15) is 0 Å². The van der Waals surface area contributed by atoms with Gasteiger partial charge in [0.25, 0.3) is 10.0 Å². The molecule has 17 heavy (non-hydrogen) atoms. The summed E-state index contributed by atoms with van der Waals surface area (Å²) in [6, 6.07) is -0.0626. The molecule has 0 saturated carbocycles. The molecule has 1 heterocycles. The molecular weight excluding hydrogens is 280 g/mol. The maximum atomic E-state index is 11.9. The zero-order valence-electron chi connectivity index (χ0n) is 9.94. The Morgan fingerprint density at radius 2 is 2.24 bits per heavy atom. The van der Waals surface area contributed by atoms with Crippen LogP contribution in [0.15, 0.2) is 10.4 Å². The molecule has 0 aliphatic heterocycles. The Labute approximate surface area is 111 Å². The van der Waals surface area contributed by atoms with Crippen LogP contribution >= 0.6 is 22.9 Å². The van der Waals surface area contributed by atoms with Crippen molar-refractivity contribution in [2.45, 2.75) is 49.8 Å². The van der Waals surface area contributed by atoms with E-state index in [-0.39, 0.29) is 14.7 Å². The van der Waals surface area contributed by atoms with Crippen LogP contribution < -0.4 is 4.72 Å². The van der Waals surface area contributed by atoms with Crippen LogP contribution in [0.2, 0.25) is 4.47 Å². The molecule has 0 radical (unpaired) electrons. The quantitative estimate of drug-likeness (QED) is 0.787. The van der Waals surface area contributed by atoms with Crippen molar-refractivity contribution in [2.24, 2.45) is 0 Å². The first-order valence-corrected chi connectivity index (χ1v) is 8.27. The van der Waals surface area contributed by atoms with E-state index < -0.39 is 10.0 Å². The third kappa shape index (κ3) is 4.91. The monoisotopic (exact) mass is 296 g/mol. The number of thiazole rings is 1. The van der Waals surface area contributed by atoms with Crippen molar-refractivity contribution in [1.29, 1.82) is 0 Å². The zero-order chi connectivity index (χ0) is 12.9. The van der Waals surface area contributed by atoms with Crippen molar-refractivity contribution < 1.29 is 8.42 Å². The number of rotatable bonds is 7. The van der Waals surface area contributed by atoms with Gasteiger partial charge in [-0.25, -0.2) is 18.1 Å². The molecule has 0 bridgehead atoms. The SMILES string of the molecule is CCCCCC(C)NS(=O)(=O)c1cnc(Cl)s1. The number of hydrogen-bond acceptors (Lipinski definition) is 4. The number of nitrogens with zero attached hydrogens (tertiary/aromatic N) is 1. The Morgan fingerprint density at radius 3 is 2.76 bits per heavy atom. The summed E-state index contributed by atoms with van der Waals surface area (Å²) in [5.74, 6) is 0. The summed E-state index contributed by atoms with van der Waals surface area (Å²) in [7, 11) is -3.45. The van der Waals surface area contributed by atoms with Gasteiger partial charge in [0.05, 0.1) is 6.20 Å². The fraction of sp³-hybridized carbons (Fsp3) is 0.700. The van der Waals surface area contributed by atoms with Gasteiger partial charge in [0.1, 0.15) is 0 Å². The normalized spacial score (nSPS) is 13.8. The van der Waals surface area contributed by atoms with Crippen LogP contribution in [0, 0.1) is 0 Å². The highest BCUT2D eigenvalue weighted by Crippen LogP contribution is 2.22. The van der Waals surface area contributed by atoms with Crippen LogP contribution in [0.5, 0.6) is 0 Å². The fourth-order valence-corrected chi connectivity index (χ4v) is 4.03. The molecule has 0 amide bonds. The summed E-state index contributed by atoms with van der Waals surface area (Å²) in [4.78, 5) is 3.73. The van der Waals surface area contributed by atoms with Crippen LogP contribution in [0.4, 0.5) is 0 Å². The lowest BCUT2D eigenvalue weighted by Gasteiger charge is -2.12. The summed E-state index contributed by atoms with van der Waals surface area (Å²) in [6.45, 7) is 3.99. The van der Waals surface area contributed by atoms with E-state index in [1.165, 1.54) is 6.20 Å². The van der Waals surface area contributed by atoms with E-state index >= 15 is 0 Å². The molecule has 7 heteroatoms. The van der Waals surface area contributed by atoms with E-state index in [2.05, 4.69) is 16.6 Å². The van der Waals surface area contributed by atoms with Crippen molar-refractivity contribution in [1.82, 2.24) is 9.71 Å². The number of hydrogen-bond donors (Lipinski definition) is 1. The van der Waals surface area contributed by atoms with E-state index in [9.17, 15) is 8.42 Å². The van der Waals surface area contributed by atoms with Gasteiger partial charge in [0.2, 0.25) is 0 Å². The van der Waals surface area contributed by atoms with E-state index in [0.29, 0.717) is 0 Å². The highest BCUT2D eigenvalue weighted by Gasteiger charge is 2.19. The Balaban J connectivity index is 2.55. The molecule has 0 saturated heterocycles. The summed E-state index contributed by atoms with van der Waals surface area (Å²) >= 11 is 6.59. The van der Waals surface area contributed by atoms with Gasteiger partial charge in [0, 0.05) is 6.04 Å². The van der Waals surface area contributed by atoms with Crippen LogP contribution in [0.1, 0.15) is 39.5 Å². The number of unbranched alkanes of at least 4 members (excludes halogenated alkanes) is 2. The highest BCUT2D eigenvalue weighted by molar-refractivity contribution is 7.91. The molecule has 1 aromatic heterocycles. The molecule has 1 rings (SSSR count). The summed E-state index contributed by atoms with van der Waals surface area (Å²) in [5.41, 5.74) is 0. The third-order valence-corrected chi connectivity index (χ3v) is 5.48. The molecule has 0 aliphatic carbocycles. The van der Waals surface area contributed by atoms with E-state index in [1.54, 1.807) is 0 Å². The molecule has 0 aliphatic rings. The molecule has 0 fully saturated rings. The van der Waals surface area contributed by atoms with Crippen molar-refractivity contribution in [2.75, 3.05) is 0 Å². The van der Waals surface area contributed by atoms with Crippen molar-refractivity contribution >= 4 is 33.0 Å². The fourth-order valence-electron chi connectivity index (χ4n) is 1.45. The average Bonchev–Trinajstić information content (AvgIpc) is 2.65. The van der Waals surface area contributed by atoms with E-state index in [0.717, 1.165) is 37.0 Å². The molecule has 1 unspecified atom stereocenters. The second-order valence-electron chi connectivity index (χ2n) is 3.95. The lowest BCUT2D eigenvalue weighted by Crippen LogP contribution is -2.32. The lowest BCUT2D eigenvalue weighted by molar-refractivity contribution is 0.528. The predicted molar refractivity (Wildman–Crippen MR) is 71.0 cm³/mol. The van der Waals surface area contributed by atoms with E-state index in [1.807, 2.05) is 6.92 Å². The Hall–Kier alpha value is -0.170. The highest BCUT2D eigenvalue weighted by atomic mass is 35.5. The summed E-state index contributed by atoms with van der Waals surface area (Å²) in [6.07, 6.45) is 5.42. The van der Waals surface area contributed by atoms with Gasteiger partial charge in [0.15, 0.2) is 8.68 Å². The van der Waals surface area contributed by atoms with Crippen LogP contribution in [-0.4, -0.2) is 19.4 Å². The smallest absolute Gasteiger partial charge is 0.232 e. The first-order valence-electron chi connectivity index (χ1n) is 5.59. The van der Waals surface area contributed by atoms with Crippen LogP contribution in [-0.2, 0) is 10.0 Å². The minimum Gasteiger partial charge on any atom is -0.232 e. The van der Waals surface area contributed by atoms with Gasteiger partial charge in [-0.1, -0.05) is 49.1 Å². The lowest BCUT2D eigenvalue weighted by atomic mass is 10.1. The predicted octanol–water partition coefficient (Wildman–Crippen LogP) is 3.04. The Kier molecular flexibility index (Phi) is 5.85. The van der Waals surface area contributed by atoms with Crippen molar-refractivity contribution in [3.05, 3.63) is 10.7 Å². The number of aromatic nitrogens is 1. The first-order chi connectivity index (χ1) is 7.95. The van der Waals surface area contributed by atoms with Gasteiger partial charge in [-0.3, -0.25) is 0 Å². The average molecular weight is 297 g/mol. The maximum Gasteiger partial charge on any atom is 0.251 e. The minimum atomic E-state index is -3.45. The second-order valence-corrected chi connectivity index (χ2v) is 7.50. The zero-order valence-corrected chi connectivity index (χ0v) is 12.3. The van der Waals surface area contributed by atoms with Crippen molar-refractivity contribution in [3.8, 4) is 0 Å². The molecule has 0 spiro atoms. The number of nitrogens with one attached hydrogen (secondary N) is 1. The third-order valence-electron chi connectivity index (χ3n) is 2.32. The molecular formula is C10H17ClN2O2S2. The minimum absolute atomic E-state index is 0.0626. The molecule has 1 aromatic rings. The van der Waals surface area contributed by atoms with Gasteiger partial charge in [-0.05, 0) is 13.3 Å². The standard InChI is InChI=1S/C10H17ClN2O2S2/c1-3-4-5-6-8(2)13-17(14,15)9-7-12-10(11)16-9/h7-8,13H,3-6H2,1-2H3. The molecule has 1 atom stereocenters. The van der Waals surface area contributed by atoms with E-state index in [4.69, 9.17) is 11.6 Å². The molecule has 4 nitrogen and oxygen atoms in total. The second kappa shape index (κ2) is 6.68. The van der Waals surface area contributed by atoms with Gasteiger partial charge >= 0.3 is 0 Å². The van der Waals surface area contributed by atoms with Gasteiger partial charge < -0.3 is 0 Å². The van der Waals surface area contributed by atoms with Gasteiger partial charge in [-0.15, -0.1) is 0 Å². The Morgan fingerprint density at radius 1 is 1.53 bits per heavy atom. The summed E-state index contributed by atoms with van der Waals surface area (Å²) in [5, 5.41) is 0. The topological polar surface area (TPSA) is 59.1 Å². The molecule has 98 valence electrons. The molecule has 1 N–H and O–H groups in total. The Bertz CT molecular complexity index is 445. The summed E-state index contributed by atoms with van der Waals surface area (Å²) < 4.78 is 26.8. The number of sulfonamides is 1. The van der Waals surface area contributed by atoms with Crippen LogP contribution in [0.25, 0.3) is 0 Å². The van der Waals surface area contributed by atoms with Crippen molar-refractivity contribution in [3.63, 3.8) is 0 Å². The first kappa shape index (κ1) is 14.9. The molecule has 0 aromatic carbocycles. The van der Waals surface area contributed by atoms with Crippen LogP contribution in [0.3, 0.4) is 0 Å². The largest absolute Gasteiger partial charge is 0.251 e.